The average Bonchev–Trinajstić information content (AvgIpc) is 2.40. The molecule has 1 aromatic rings. The summed E-state index contributed by atoms with van der Waals surface area (Å²) in [6.45, 7) is 6.44. The fourth-order valence-corrected chi connectivity index (χ4v) is 1.71. The first kappa shape index (κ1) is 16.2. The van der Waals surface area contributed by atoms with Gasteiger partial charge in [-0.15, -0.1) is 0 Å². The Bertz CT molecular complexity index is 438. The summed E-state index contributed by atoms with van der Waals surface area (Å²) < 4.78 is 5.46. The highest BCUT2D eigenvalue weighted by atomic mass is 16.5. The molecule has 20 heavy (non-hydrogen) atoms. The summed E-state index contributed by atoms with van der Waals surface area (Å²) in [5.74, 6) is -0.110. The minimum absolute atomic E-state index is 0.305. The van der Waals surface area contributed by atoms with E-state index in [0.717, 1.165) is 25.0 Å². The van der Waals surface area contributed by atoms with Gasteiger partial charge >= 0.3 is 5.97 Å². The van der Waals surface area contributed by atoms with Gasteiger partial charge in [0, 0.05) is 11.8 Å². The molecule has 1 rings (SSSR count). The van der Waals surface area contributed by atoms with E-state index in [2.05, 4.69) is 15.3 Å². The number of carboxylic acids is 1. The zero-order valence-corrected chi connectivity index (χ0v) is 12.3. The molecule has 1 atom stereocenters. The lowest BCUT2D eigenvalue weighted by Crippen LogP contribution is -2.30. The number of carboxylic acid groups (broad SMARTS) is 1. The van der Waals surface area contributed by atoms with Gasteiger partial charge in [0.15, 0.2) is 0 Å². The molecule has 0 spiro atoms. The van der Waals surface area contributed by atoms with E-state index in [-0.39, 0.29) is 0 Å². The number of aliphatic carboxylic acids is 1. The minimum atomic E-state index is -0.889. The minimum Gasteiger partial charge on any atom is -0.480 e. The summed E-state index contributed by atoms with van der Waals surface area (Å²) in [6, 6.07) is 1.07. The second-order valence-corrected chi connectivity index (χ2v) is 4.70. The highest BCUT2D eigenvalue weighted by molar-refractivity contribution is 5.76. The van der Waals surface area contributed by atoms with E-state index in [1.54, 1.807) is 6.07 Å². The maximum absolute atomic E-state index is 11.2. The molecular weight excluding hydrogens is 258 g/mol. The van der Waals surface area contributed by atoms with E-state index in [9.17, 15) is 9.90 Å². The number of aromatic nitrogens is 2. The van der Waals surface area contributed by atoms with Crippen LogP contribution in [-0.2, 0) is 4.79 Å². The zero-order chi connectivity index (χ0) is 15.0. The summed E-state index contributed by atoms with van der Waals surface area (Å²) in [6.07, 6.45) is 3.23. The van der Waals surface area contributed by atoms with Crippen LogP contribution in [0.4, 0.5) is 5.95 Å². The summed E-state index contributed by atoms with van der Waals surface area (Å²) >= 11 is 0. The molecule has 6 heteroatoms. The number of nitrogens with one attached hydrogen (secondary N) is 1. The van der Waals surface area contributed by atoms with E-state index in [1.165, 1.54) is 0 Å². The van der Waals surface area contributed by atoms with Crippen LogP contribution in [0, 0.1) is 6.92 Å². The first-order valence-electron chi connectivity index (χ1n) is 7.04. The molecule has 112 valence electrons. The number of carbonyl (C=O) groups is 1. The quantitative estimate of drug-likeness (QED) is 0.724. The van der Waals surface area contributed by atoms with Gasteiger partial charge in [-0.25, -0.2) is 9.78 Å². The molecule has 0 radical (unpaired) electrons. The van der Waals surface area contributed by atoms with Gasteiger partial charge in [-0.1, -0.05) is 26.7 Å². The SMILES string of the molecule is CCCCC(Nc1nc(C)cc(OCCC)n1)C(=O)O. The van der Waals surface area contributed by atoms with Crippen molar-refractivity contribution in [3.05, 3.63) is 11.8 Å². The molecule has 0 aliphatic rings. The summed E-state index contributed by atoms with van der Waals surface area (Å²) in [7, 11) is 0. The number of unbranched alkanes of at least 4 members (excludes halogenated alkanes) is 1. The van der Waals surface area contributed by atoms with Crippen LogP contribution in [0.3, 0.4) is 0 Å². The third-order valence-electron chi connectivity index (χ3n) is 2.73. The van der Waals surface area contributed by atoms with E-state index >= 15 is 0 Å². The lowest BCUT2D eigenvalue weighted by atomic mass is 10.1. The van der Waals surface area contributed by atoms with Crippen LogP contribution >= 0.6 is 0 Å². The van der Waals surface area contributed by atoms with Crippen LogP contribution in [-0.4, -0.2) is 33.7 Å². The monoisotopic (exact) mass is 281 g/mol. The molecule has 0 aliphatic carbocycles. The van der Waals surface area contributed by atoms with Crippen LogP contribution in [0.2, 0.25) is 0 Å². The van der Waals surface area contributed by atoms with Crippen molar-refractivity contribution in [2.45, 2.75) is 52.5 Å². The zero-order valence-electron chi connectivity index (χ0n) is 12.3. The molecule has 0 amide bonds. The third-order valence-corrected chi connectivity index (χ3v) is 2.73. The van der Waals surface area contributed by atoms with E-state index < -0.39 is 12.0 Å². The Morgan fingerprint density at radius 3 is 2.75 bits per heavy atom. The molecule has 0 saturated heterocycles. The van der Waals surface area contributed by atoms with Gasteiger partial charge in [-0.2, -0.15) is 4.98 Å². The molecule has 0 bridgehead atoms. The molecule has 0 aromatic carbocycles. The number of nitrogens with zero attached hydrogens (tertiary/aromatic N) is 2. The van der Waals surface area contributed by atoms with Crippen molar-refractivity contribution in [1.82, 2.24) is 9.97 Å². The fourth-order valence-electron chi connectivity index (χ4n) is 1.71. The van der Waals surface area contributed by atoms with Crippen LogP contribution in [0.1, 0.15) is 45.2 Å². The van der Waals surface area contributed by atoms with Crippen molar-refractivity contribution >= 4 is 11.9 Å². The molecule has 0 fully saturated rings. The Labute approximate surface area is 119 Å². The Hall–Kier alpha value is -1.85. The van der Waals surface area contributed by atoms with E-state index in [1.807, 2.05) is 20.8 Å². The molecule has 6 nitrogen and oxygen atoms in total. The van der Waals surface area contributed by atoms with Crippen molar-refractivity contribution in [2.24, 2.45) is 0 Å². The predicted octanol–water partition coefficient (Wildman–Crippen LogP) is 2.63. The largest absolute Gasteiger partial charge is 0.480 e. The van der Waals surface area contributed by atoms with Gasteiger partial charge in [0.05, 0.1) is 6.61 Å². The van der Waals surface area contributed by atoms with Gasteiger partial charge in [-0.3, -0.25) is 0 Å². The molecule has 2 N–H and O–H groups in total. The highest BCUT2D eigenvalue weighted by Gasteiger charge is 2.18. The molecule has 1 unspecified atom stereocenters. The van der Waals surface area contributed by atoms with Crippen LogP contribution in [0.15, 0.2) is 6.07 Å². The number of hydrogen-bond donors (Lipinski definition) is 2. The molecule has 1 aromatic heterocycles. The standard InChI is InChI=1S/C14H23N3O3/c1-4-6-7-11(13(18)19)16-14-15-10(3)9-12(17-14)20-8-5-2/h9,11H,4-8H2,1-3H3,(H,18,19)(H,15,16,17). The van der Waals surface area contributed by atoms with E-state index in [4.69, 9.17) is 4.74 Å². The third kappa shape index (κ3) is 5.42. The van der Waals surface area contributed by atoms with Crippen LogP contribution in [0.25, 0.3) is 0 Å². The average molecular weight is 281 g/mol. The maximum atomic E-state index is 11.2. The predicted molar refractivity (Wildman–Crippen MR) is 77.1 cm³/mol. The number of ether oxygens (including phenoxy) is 1. The summed E-state index contributed by atoms with van der Waals surface area (Å²) in [4.78, 5) is 19.6. The fraction of sp³-hybridized carbons (Fsp3) is 0.643. The van der Waals surface area contributed by atoms with Crippen molar-refractivity contribution in [3.63, 3.8) is 0 Å². The van der Waals surface area contributed by atoms with Gasteiger partial charge in [0.2, 0.25) is 11.8 Å². The molecule has 0 saturated carbocycles. The summed E-state index contributed by atoms with van der Waals surface area (Å²) in [5, 5.41) is 12.1. The highest BCUT2D eigenvalue weighted by Crippen LogP contribution is 2.14. The Morgan fingerprint density at radius 1 is 1.40 bits per heavy atom. The molecule has 0 aliphatic heterocycles. The number of anilines is 1. The topological polar surface area (TPSA) is 84.3 Å². The van der Waals surface area contributed by atoms with Gasteiger partial charge in [0.25, 0.3) is 0 Å². The first-order chi connectivity index (χ1) is 9.56. The van der Waals surface area contributed by atoms with Crippen molar-refractivity contribution in [2.75, 3.05) is 11.9 Å². The van der Waals surface area contributed by atoms with Crippen LogP contribution in [0.5, 0.6) is 5.88 Å². The number of rotatable bonds is 9. The second-order valence-electron chi connectivity index (χ2n) is 4.70. The van der Waals surface area contributed by atoms with Crippen molar-refractivity contribution in [3.8, 4) is 5.88 Å². The molecule has 1 heterocycles. The number of hydrogen-bond acceptors (Lipinski definition) is 5. The lowest BCUT2D eigenvalue weighted by Gasteiger charge is -2.15. The Balaban J connectivity index is 2.77. The number of aryl methyl sites for hydroxylation is 1. The van der Waals surface area contributed by atoms with Gasteiger partial charge < -0.3 is 15.2 Å². The van der Waals surface area contributed by atoms with Crippen molar-refractivity contribution < 1.29 is 14.6 Å². The second kappa shape index (κ2) is 8.35. The smallest absolute Gasteiger partial charge is 0.326 e. The normalized spacial score (nSPS) is 11.9. The first-order valence-corrected chi connectivity index (χ1v) is 7.04. The maximum Gasteiger partial charge on any atom is 0.326 e. The Kier molecular flexibility index (Phi) is 6.76. The Morgan fingerprint density at radius 2 is 2.15 bits per heavy atom. The molecular formula is C14H23N3O3. The van der Waals surface area contributed by atoms with Gasteiger partial charge in [0.1, 0.15) is 6.04 Å². The lowest BCUT2D eigenvalue weighted by molar-refractivity contribution is -0.138. The van der Waals surface area contributed by atoms with Crippen LogP contribution < -0.4 is 10.1 Å². The summed E-state index contributed by atoms with van der Waals surface area (Å²) in [5.41, 5.74) is 0.744. The van der Waals surface area contributed by atoms with E-state index in [0.29, 0.717) is 24.9 Å². The van der Waals surface area contributed by atoms with Crippen molar-refractivity contribution in [1.29, 1.82) is 0 Å². The van der Waals surface area contributed by atoms with Gasteiger partial charge in [-0.05, 0) is 19.8 Å².